The Morgan fingerprint density at radius 1 is 1.05 bits per heavy atom. The molecule has 0 spiro atoms. The number of carbonyl (C=O) groups excluding carboxylic acids is 2. The highest BCUT2D eigenvalue weighted by molar-refractivity contribution is 6.31. The molecule has 2 aliphatic rings. The monoisotopic (exact) mass is 610 g/mol. The highest BCUT2D eigenvalue weighted by Crippen LogP contribution is 2.32. The Bertz CT molecular complexity index is 1570. The predicted octanol–water partition coefficient (Wildman–Crippen LogP) is 2.82. The van der Waals surface area contributed by atoms with Gasteiger partial charge in [-0.2, -0.15) is 0 Å². The highest BCUT2D eigenvalue weighted by atomic mass is 35.5. The number of rotatable bonds is 4. The molecule has 2 amide bonds. The van der Waals surface area contributed by atoms with Gasteiger partial charge >= 0.3 is 0 Å². The molecule has 1 fully saturated rings. The van der Waals surface area contributed by atoms with Gasteiger partial charge in [0.25, 0.3) is 5.56 Å². The molecule has 0 saturated carbocycles. The third-order valence-electron chi connectivity index (χ3n) is 7.47. The van der Waals surface area contributed by atoms with Crippen molar-refractivity contribution < 1.29 is 9.59 Å². The van der Waals surface area contributed by atoms with Gasteiger partial charge in [-0.25, -0.2) is 10.8 Å². The van der Waals surface area contributed by atoms with E-state index in [9.17, 15) is 14.4 Å². The van der Waals surface area contributed by atoms with E-state index in [1.807, 2.05) is 29.2 Å². The molecule has 2 bridgehead atoms. The van der Waals surface area contributed by atoms with Crippen molar-refractivity contribution in [2.75, 3.05) is 29.5 Å². The first-order valence-electron chi connectivity index (χ1n) is 13.7. The van der Waals surface area contributed by atoms with Crippen LogP contribution in [-0.4, -0.2) is 47.0 Å². The van der Waals surface area contributed by atoms with Crippen molar-refractivity contribution in [2.24, 2.45) is 11.6 Å². The van der Waals surface area contributed by atoms with Crippen LogP contribution in [0.15, 0.2) is 71.0 Å². The van der Waals surface area contributed by atoms with Gasteiger partial charge in [0, 0.05) is 35.4 Å². The van der Waals surface area contributed by atoms with E-state index in [0.29, 0.717) is 34.9 Å². The van der Waals surface area contributed by atoms with Crippen molar-refractivity contribution in [3.8, 4) is 11.3 Å². The maximum absolute atomic E-state index is 13.7. The summed E-state index contributed by atoms with van der Waals surface area (Å²) >= 11 is 12.1. The van der Waals surface area contributed by atoms with E-state index in [2.05, 4.69) is 15.6 Å². The Labute approximate surface area is 253 Å². The second-order valence-electron chi connectivity index (χ2n) is 10.3. The molecular formula is C29H32Cl2N8O3. The van der Waals surface area contributed by atoms with E-state index >= 15 is 0 Å². The first-order chi connectivity index (χ1) is 20.2. The summed E-state index contributed by atoms with van der Waals surface area (Å²) in [5.41, 5.74) is 8.38. The number of nitrogens with one attached hydrogen (secondary N) is 2. The Morgan fingerprint density at radius 3 is 2.67 bits per heavy atom. The van der Waals surface area contributed by atoms with E-state index in [1.165, 1.54) is 23.6 Å². The van der Waals surface area contributed by atoms with Crippen LogP contribution in [0.1, 0.15) is 37.3 Å². The second kappa shape index (κ2) is 12.8. The van der Waals surface area contributed by atoms with Crippen molar-refractivity contribution in [1.82, 2.24) is 20.2 Å². The Balaban J connectivity index is 1.54. The number of halogens is 2. The van der Waals surface area contributed by atoms with Crippen molar-refractivity contribution in [2.45, 2.75) is 37.8 Å². The van der Waals surface area contributed by atoms with Gasteiger partial charge in [0.15, 0.2) is 0 Å². The number of hydrogen-bond donors (Lipinski definition) is 4. The summed E-state index contributed by atoms with van der Waals surface area (Å²) in [4.78, 5) is 45.4. The van der Waals surface area contributed by atoms with Crippen molar-refractivity contribution in [1.29, 1.82) is 0 Å². The van der Waals surface area contributed by atoms with Gasteiger partial charge in [-0.3, -0.25) is 24.0 Å². The number of nitrogens with two attached hydrogens (primary N) is 2. The molecule has 2 aromatic carbocycles. The van der Waals surface area contributed by atoms with Crippen LogP contribution in [-0.2, 0) is 9.59 Å². The summed E-state index contributed by atoms with van der Waals surface area (Å²) < 4.78 is 1.62. The van der Waals surface area contributed by atoms with Crippen molar-refractivity contribution in [3.63, 3.8) is 0 Å². The minimum absolute atomic E-state index is 0.0149. The zero-order valence-corrected chi connectivity index (χ0v) is 24.3. The summed E-state index contributed by atoms with van der Waals surface area (Å²) in [5.74, 6) is 5.88. The van der Waals surface area contributed by atoms with E-state index in [1.54, 1.807) is 22.8 Å². The van der Waals surface area contributed by atoms with Crippen LogP contribution >= 0.6 is 23.2 Å². The maximum Gasteiger partial charge on any atom is 0.254 e. The zero-order chi connectivity index (χ0) is 29.8. The molecule has 11 nitrogen and oxygen atoms in total. The van der Waals surface area contributed by atoms with Crippen LogP contribution in [0.2, 0.25) is 5.02 Å². The zero-order valence-electron chi connectivity index (χ0n) is 22.8. The third-order valence-corrected chi connectivity index (χ3v) is 7.81. The van der Waals surface area contributed by atoms with Crippen molar-refractivity contribution >= 4 is 46.4 Å². The number of aromatic nitrogens is 2. The number of anilines is 2. The van der Waals surface area contributed by atoms with Crippen LogP contribution < -0.4 is 37.7 Å². The fraction of sp³-hybridized carbons (Fsp3) is 0.310. The molecule has 6 N–H and O–H groups in total. The molecule has 0 aliphatic carbocycles. The van der Waals surface area contributed by atoms with Crippen molar-refractivity contribution in [3.05, 3.63) is 87.2 Å². The second-order valence-corrected chi connectivity index (χ2v) is 11.2. The minimum atomic E-state index is -0.529. The van der Waals surface area contributed by atoms with Crippen LogP contribution in [0.25, 0.3) is 11.3 Å². The maximum atomic E-state index is 13.7. The topological polar surface area (TPSA) is 152 Å². The summed E-state index contributed by atoms with van der Waals surface area (Å²) in [6.07, 6.45) is 6.06. The van der Waals surface area contributed by atoms with Gasteiger partial charge in [-0.05, 0) is 48.7 Å². The number of hydrazine groups is 1. The number of fused-ring (bicyclic) bond motifs is 4. The summed E-state index contributed by atoms with van der Waals surface area (Å²) in [5, 5.41) is 7.48. The lowest BCUT2D eigenvalue weighted by Gasteiger charge is -2.36. The molecule has 2 aliphatic heterocycles. The average molecular weight is 612 g/mol. The fourth-order valence-electron chi connectivity index (χ4n) is 5.43. The Hall–Kier alpha value is -4.06. The van der Waals surface area contributed by atoms with Gasteiger partial charge in [-0.15, -0.1) is 0 Å². The molecule has 1 saturated heterocycles. The lowest BCUT2D eigenvalue weighted by atomic mass is 9.98. The van der Waals surface area contributed by atoms with Gasteiger partial charge in [0.1, 0.15) is 11.2 Å². The molecule has 1 aromatic heterocycles. The first-order valence-corrected chi connectivity index (χ1v) is 14.4. The van der Waals surface area contributed by atoms with E-state index in [-0.39, 0.29) is 41.7 Å². The van der Waals surface area contributed by atoms with E-state index in [4.69, 9.17) is 34.8 Å². The number of carbonyl (C=O) groups is 2. The lowest BCUT2D eigenvalue weighted by Crippen LogP contribution is -2.60. The SMILES string of the molecule is N/C(Cl)=C\N(N)c1ccc(Cl)cc1-c1cc(=O)n(C2CCCCCNC(=O)C3CNC(=O)CN3c3cccc2c3)cn1. The van der Waals surface area contributed by atoms with Gasteiger partial charge in [0.05, 0.1) is 36.5 Å². The minimum Gasteiger partial charge on any atom is -0.388 e. The summed E-state index contributed by atoms with van der Waals surface area (Å²) in [7, 11) is 0. The first kappa shape index (κ1) is 29.4. The quantitative estimate of drug-likeness (QED) is 0.200. The molecule has 0 radical (unpaired) electrons. The van der Waals surface area contributed by atoms with Gasteiger partial charge < -0.3 is 21.3 Å². The standard InChI is InChI=1S/C29H32Cl2N8O3/c30-19-8-9-24(39(33)15-26(31)32)21(12-19)22-13-28(41)38(17-36-22)23-7-2-1-3-10-34-29(42)25-14-35-27(40)16-37(25)20-6-4-5-18(23)11-20/h4-6,8-9,11-13,15,17,23,25H,1-3,7,10,14,16,32-33H2,(H,34,42)(H,35,40)/b26-15-. The van der Waals surface area contributed by atoms with Crippen LogP contribution in [0.5, 0.6) is 0 Å². The summed E-state index contributed by atoms with van der Waals surface area (Å²) in [6, 6.07) is 13.3. The van der Waals surface area contributed by atoms with E-state index < -0.39 is 6.04 Å². The summed E-state index contributed by atoms with van der Waals surface area (Å²) in [6.45, 7) is 0.829. The third kappa shape index (κ3) is 6.53. The van der Waals surface area contributed by atoms with E-state index in [0.717, 1.165) is 30.5 Å². The largest absolute Gasteiger partial charge is 0.388 e. The normalized spacial score (nSPS) is 19.9. The molecule has 2 unspecified atom stereocenters. The molecular weight excluding hydrogens is 579 g/mol. The number of nitrogens with zero attached hydrogens (tertiary/aromatic N) is 4. The number of piperazine rings is 1. The molecule has 13 heteroatoms. The predicted molar refractivity (Wildman–Crippen MR) is 164 cm³/mol. The number of amides is 2. The lowest BCUT2D eigenvalue weighted by molar-refractivity contribution is -0.125. The molecule has 42 heavy (non-hydrogen) atoms. The molecule has 3 heterocycles. The molecule has 3 aromatic rings. The molecule has 2 atom stereocenters. The highest BCUT2D eigenvalue weighted by Gasteiger charge is 2.32. The smallest absolute Gasteiger partial charge is 0.254 e. The average Bonchev–Trinajstić information content (AvgIpc) is 2.96. The number of hydrogen-bond acceptors (Lipinski definition) is 8. The van der Waals surface area contributed by atoms with Crippen LogP contribution in [0.4, 0.5) is 11.4 Å². The fourth-order valence-corrected chi connectivity index (χ4v) is 5.70. The molecule has 5 rings (SSSR count). The molecule has 220 valence electrons. The van der Waals surface area contributed by atoms with Gasteiger partial charge in [0.2, 0.25) is 11.8 Å². The number of benzene rings is 2. The Morgan fingerprint density at radius 2 is 1.88 bits per heavy atom. The van der Waals surface area contributed by atoms with Crippen LogP contribution in [0, 0.1) is 0 Å². The Kier molecular flexibility index (Phi) is 9.00. The van der Waals surface area contributed by atoms with Gasteiger partial charge in [-0.1, -0.05) is 48.2 Å². The van der Waals surface area contributed by atoms with Crippen LogP contribution in [0.3, 0.4) is 0 Å².